The number of aromatic amines is 2. The van der Waals surface area contributed by atoms with Gasteiger partial charge in [-0.3, -0.25) is 19.4 Å². The minimum Gasteiger partial charge on any atom is -0.392 e. The van der Waals surface area contributed by atoms with Crippen LogP contribution in [0.2, 0.25) is 0 Å². The fourth-order valence-corrected chi connectivity index (χ4v) is 5.14. The fraction of sp³-hybridized carbons (Fsp3) is 0.500. The van der Waals surface area contributed by atoms with Gasteiger partial charge >= 0.3 is 11.9 Å². The first-order valence-corrected chi connectivity index (χ1v) is 11.9. The quantitative estimate of drug-likeness (QED) is 0.421. The molecule has 0 aliphatic heterocycles. The molecule has 2 aliphatic carbocycles. The third-order valence-corrected chi connectivity index (χ3v) is 7.10. The molecule has 2 aliphatic rings. The molecule has 0 saturated heterocycles. The molecular formula is C24H28F3N5O4. The van der Waals surface area contributed by atoms with Crippen molar-refractivity contribution in [3.63, 3.8) is 0 Å². The van der Waals surface area contributed by atoms with E-state index in [4.69, 9.17) is 5.73 Å². The molecule has 1 aromatic heterocycles. The van der Waals surface area contributed by atoms with E-state index >= 15 is 0 Å². The molecule has 12 heteroatoms. The first-order chi connectivity index (χ1) is 17.0. The lowest BCUT2D eigenvalue weighted by atomic mass is 9.81. The summed E-state index contributed by atoms with van der Waals surface area (Å²) in [5, 5.41) is 5.77. The maximum atomic E-state index is 13.0. The van der Waals surface area contributed by atoms with Crippen LogP contribution in [-0.2, 0) is 11.0 Å². The average molecular weight is 508 g/mol. The number of hydrogen-bond acceptors (Lipinski definition) is 5. The second-order valence-corrected chi connectivity index (χ2v) is 9.56. The van der Waals surface area contributed by atoms with Gasteiger partial charge in [0, 0.05) is 18.0 Å². The number of rotatable bonds is 5. The molecule has 0 bridgehead atoms. The third kappa shape index (κ3) is 5.80. The summed E-state index contributed by atoms with van der Waals surface area (Å²) in [5.74, 6) is -1.07. The van der Waals surface area contributed by atoms with Crippen LogP contribution in [0.3, 0.4) is 0 Å². The Balaban J connectivity index is 1.26. The van der Waals surface area contributed by atoms with Gasteiger partial charge in [0.05, 0.1) is 5.56 Å². The Hall–Kier alpha value is -3.57. The number of nitrogens with two attached hydrogens (primary N) is 1. The Morgan fingerprint density at radius 3 is 2.33 bits per heavy atom. The van der Waals surface area contributed by atoms with E-state index in [2.05, 4.69) is 15.6 Å². The number of halogens is 3. The number of amides is 2. The van der Waals surface area contributed by atoms with Crippen LogP contribution >= 0.6 is 0 Å². The molecule has 2 saturated carbocycles. The van der Waals surface area contributed by atoms with Crippen LogP contribution in [0.4, 0.5) is 18.9 Å². The summed E-state index contributed by atoms with van der Waals surface area (Å²) >= 11 is 0. The molecule has 0 radical (unpaired) electrons. The second kappa shape index (κ2) is 10.2. The lowest BCUT2D eigenvalue weighted by Crippen LogP contribution is -2.41. The highest BCUT2D eigenvalue weighted by atomic mass is 19.4. The Labute approximate surface area is 204 Å². The van der Waals surface area contributed by atoms with Crippen molar-refractivity contribution in [2.45, 2.75) is 69.1 Å². The van der Waals surface area contributed by atoms with E-state index in [-0.39, 0.29) is 41.2 Å². The molecule has 194 valence electrons. The smallest absolute Gasteiger partial charge is 0.392 e. The van der Waals surface area contributed by atoms with Crippen LogP contribution in [0.25, 0.3) is 0 Å². The van der Waals surface area contributed by atoms with Crippen molar-refractivity contribution < 1.29 is 22.8 Å². The van der Waals surface area contributed by atoms with E-state index in [0.29, 0.717) is 50.5 Å². The number of aromatic nitrogens is 2. The van der Waals surface area contributed by atoms with Crippen molar-refractivity contribution in [1.82, 2.24) is 20.6 Å². The lowest BCUT2D eigenvalue weighted by molar-refractivity contribution is -0.137. The third-order valence-electron chi connectivity index (χ3n) is 7.10. The molecule has 36 heavy (non-hydrogen) atoms. The molecule has 1 heterocycles. The number of nitrogens with one attached hydrogen (secondary N) is 4. The number of nitrogen functional groups attached to an aromatic ring is 1. The molecule has 0 spiro atoms. The summed E-state index contributed by atoms with van der Waals surface area (Å²) in [5.41, 5.74) is 3.22. The molecule has 2 aromatic rings. The summed E-state index contributed by atoms with van der Waals surface area (Å²) in [6, 6.07) is 5.08. The van der Waals surface area contributed by atoms with Gasteiger partial charge in [-0.2, -0.15) is 13.2 Å². The van der Waals surface area contributed by atoms with Crippen molar-refractivity contribution >= 4 is 17.5 Å². The maximum Gasteiger partial charge on any atom is 0.416 e. The van der Waals surface area contributed by atoms with Gasteiger partial charge in [0.1, 0.15) is 11.4 Å². The van der Waals surface area contributed by atoms with Crippen LogP contribution in [0.1, 0.15) is 72.5 Å². The predicted octanol–water partition coefficient (Wildman–Crippen LogP) is 2.41. The minimum atomic E-state index is -4.37. The van der Waals surface area contributed by atoms with Crippen molar-refractivity contribution in [2.24, 2.45) is 5.92 Å². The summed E-state index contributed by atoms with van der Waals surface area (Å²) in [7, 11) is 0. The van der Waals surface area contributed by atoms with Crippen LogP contribution < -0.4 is 27.6 Å². The summed E-state index contributed by atoms with van der Waals surface area (Å²) in [4.78, 5) is 52.5. The van der Waals surface area contributed by atoms with Crippen LogP contribution in [0.5, 0.6) is 0 Å². The monoisotopic (exact) mass is 507 g/mol. The average Bonchev–Trinajstić information content (AvgIpc) is 3.30. The number of carbonyl (C=O) groups excluding carboxylic acids is 2. The summed E-state index contributed by atoms with van der Waals surface area (Å²) in [6.45, 7) is 0. The number of hydrogen-bond donors (Lipinski definition) is 5. The van der Waals surface area contributed by atoms with Gasteiger partial charge in [0.2, 0.25) is 5.91 Å². The molecule has 6 N–H and O–H groups in total. The number of carbonyl (C=O) groups is 2. The zero-order valence-corrected chi connectivity index (χ0v) is 19.4. The molecular weight excluding hydrogens is 479 g/mol. The Morgan fingerprint density at radius 2 is 1.64 bits per heavy atom. The van der Waals surface area contributed by atoms with Gasteiger partial charge in [-0.1, -0.05) is 18.2 Å². The topological polar surface area (TPSA) is 150 Å². The molecule has 2 amide bonds. The molecule has 0 unspecified atom stereocenters. The zero-order chi connectivity index (χ0) is 26.0. The zero-order valence-electron chi connectivity index (χ0n) is 19.4. The van der Waals surface area contributed by atoms with Crippen LogP contribution in [0.15, 0.2) is 33.9 Å². The van der Waals surface area contributed by atoms with Crippen molar-refractivity contribution in [1.29, 1.82) is 0 Å². The highest BCUT2D eigenvalue weighted by Crippen LogP contribution is 2.37. The van der Waals surface area contributed by atoms with E-state index in [1.165, 1.54) is 12.1 Å². The number of H-pyrrole nitrogens is 2. The molecule has 2 fully saturated rings. The second-order valence-electron chi connectivity index (χ2n) is 9.56. The number of anilines is 1. The Bertz CT molecular complexity index is 1250. The van der Waals surface area contributed by atoms with Gasteiger partial charge in [0.15, 0.2) is 0 Å². The molecule has 1 aromatic carbocycles. The highest BCUT2D eigenvalue weighted by Gasteiger charge is 2.34. The predicted molar refractivity (Wildman–Crippen MR) is 125 cm³/mol. The number of alkyl halides is 3. The van der Waals surface area contributed by atoms with Gasteiger partial charge in [-0.05, 0) is 62.5 Å². The fourth-order valence-electron chi connectivity index (χ4n) is 5.14. The Morgan fingerprint density at radius 1 is 0.944 bits per heavy atom. The lowest BCUT2D eigenvalue weighted by Gasteiger charge is -2.30. The molecule has 2 atom stereocenters. The van der Waals surface area contributed by atoms with Crippen molar-refractivity contribution in [2.75, 3.05) is 5.73 Å². The van der Waals surface area contributed by atoms with Crippen LogP contribution in [-0.4, -0.2) is 33.9 Å². The van der Waals surface area contributed by atoms with Crippen molar-refractivity contribution in [3.8, 4) is 0 Å². The van der Waals surface area contributed by atoms with E-state index in [0.717, 1.165) is 6.07 Å². The first-order valence-electron chi connectivity index (χ1n) is 11.9. The standard InChI is InChI=1S/C24H28F3N5O4/c25-24(26,27)15-3-1-2-13(10-15)12-4-7-16(8-5-12)29-20(33)14-6-9-17(11-14)30-22(35)19-18(28)21(34)32-23(36)31-19/h1-3,10,12,14,16-17H,4-9,11,28H2,(H,29,33)(H,30,35)(H2,31,32,34,36)/t12-,14-,16+,17-/m1/s1. The van der Waals surface area contributed by atoms with Gasteiger partial charge in [-0.25, -0.2) is 4.79 Å². The highest BCUT2D eigenvalue weighted by molar-refractivity contribution is 5.97. The van der Waals surface area contributed by atoms with Gasteiger partial charge in [0.25, 0.3) is 11.5 Å². The SMILES string of the molecule is Nc1c(C(=O)N[C@@H]2CC[C@@H](C(=O)N[C@H]3CC[C@@H](c4cccc(C(F)(F)F)c4)CC3)C2)[nH]c(=O)[nH]c1=O. The van der Waals surface area contributed by atoms with Gasteiger partial charge in [-0.15, -0.1) is 0 Å². The van der Waals surface area contributed by atoms with E-state index < -0.39 is 28.9 Å². The normalized spacial score (nSPS) is 24.3. The van der Waals surface area contributed by atoms with Gasteiger partial charge < -0.3 is 21.4 Å². The number of benzene rings is 1. The Kier molecular flexibility index (Phi) is 7.23. The maximum absolute atomic E-state index is 13.0. The first kappa shape index (κ1) is 25.5. The molecule has 4 rings (SSSR count). The molecule has 9 nitrogen and oxygen atoms in total. The van der Waals surface area contributed by atoms with E-state index in [1.807, 2.05) is 4.98 Å². The van der Waals surface area contributed by atoms with E-state index in [1.54, 1.807) is 6.07 Å². The van der Waals surface area contributed by atoms with E-state index in [9.17, 15) is 32.3 Å². The summed E-state index contributed by atoms with van der Waals surface area (Å²) in [6.07, 6.45) is -0.121. The largest absolute Gasteiger partial charge is 0.416 e. The summed E-state index contributed by atoms with van der Waals surface area (Å²) < 4.78 is 39.1. The minimum absolute atomic E-state index is 0.0237. The van der Waals surface area contributed by atoms with Crippen molar-refractivity contribution in [3.05, 3.63) is 61.9 Å². The van der Waals surface area contributed by atoms with Crippen LogP contribution in [0, 0.1) is 5.92 Å².